The van der Waals surface area contributed by atoms with E-state index in [2.05, 4.69) is 11.8 Å². The molecule has 0 aliphatic heterocycles. The lowest BCUT2D eigenvalue weighted by molar-refractivity contribution is -0.136. The van der Waals surface area contributed by atoms with Gasteiger partial charge in [-0.15, -0.1) is 0 Å². The highest BCUT2D eigenvalue weighted by molar-refractivity contribution is 5.67. The third kappa shape index (κ3) is 3.36. The number of benzene rings is 1. The Kier molecular flexibility index (Phi) is 4.88. The number of nitriles is 3. The molecule has 20 heavy (non-hydrogen) atoms. The SMILES string of the molecule is N#CC(C#N)(C#N)c1ccc(C#CCCC(=O)O)cc1. The Bertz CT molecular complexity index is 652. The van der Waals surface area contributed by atoms with Crippen LogP contribution >= 0.6 is 0 Å². The van der Waals surface area contributed by atoms with Crippen molar-refractivity contribution >= 4 is 5.97 Å². The van der Waals surface area contributed by atoms with E-state index in [-0.39, 0.29) is 12.8 Å². The summed E-state index contributed by atoms with van der Waals surface area (Å²) < 4.78 is 0. The molecule has 1 N–H and O–H groups in total. The van der Waals surface area contributed by atoms with Gasteiger partial charge in [0.05, 0.1) is 6.42 Å². The summed E-state index contributed by atoms with van der Waals surface area (Å²) in [5, 5.41) is 35.3. The summed E-state index contributed by atoms with van der Waals surface area (Å²) in [6.07, 6.45) is 0.223. The molecule has 0 aliphatic rings. The number of carbonyl (C=O) groups is 1. The number of rotatable bonds is 3. The zero-order valence-corrected chi connectivity index (χ0v) is 10.4. The Morgan fingerprint density at radius 3 is 2.10 bits per heavy atom. The van der Waals surface area contributed by atoms with Crippen LogP contribution in [-0.2, 0) is 10.2 Å². The van der Waals surface area contributed by atoms with Crippen molar-refractivity contribution in [1.29, 1.82) is 15.8 Å². The summed E-state index contributed by atoms with van der Waals surface area (Å²) >= 11 is 0. The molecule has 0 unspecified atom stereocenters. The van der Waals surface area contributed by atoms with Gasteiger partial charge in [-0.3, -0.25) is 4.79 Å². The maximum Gasteiger partial charge on any atom is 0.304 e. The van der Waals surface area contributed by atoms with Crippen molar-refractivity contribution in [3.05, 3.63) is 35.4 Å². The predicted octanol–water partition coefficient (Wildman–Crippen LogP) is 1.71. The van der Waals surface area contributed by atoms with Crippen LogP contribution in [0.2, 0.25) is 0 Å². The second-order valence-corrected chi connectivity index (χ2v) is 3.86. The van der Waals surface area contributed by atoms with Crippen LogP contribution in [0.5, 0.6) is 0 Å². The molecule has 0 atom stereocenters. The van der Waals surface area contributed by atoms with E-state index >= 15 is 0 Å². The van der Waals surface area contributed by atoms with Gasteiger partial charge in [-0.25, -0.2) is 0 Å². The summed E-state index contributed by atoms with van der Waals surface area (Å²) in [6.45, 7) is 0. The topological polar surface area (TPSA) is 109 Å². The standard InChI is InChI=1S/C15H9N3O2/c16-9-15(10-17,11-18)13-7-5-12(6-8-13)3-1-2-4-14(19)20/h5-8H,2,4H2,(H,19,20). The van der Waals surface area contributed by atoms with E-state index in [1.54, 1.807) is 30.3 Å². The highest BCUT2D eigenvalue weighted by Crippen LogP contribution is 2.22. The lowest BCUT2D eigenvalue weighted by Crippen LogP contribution is -2.18. The molecule has 0 saturated carbocycles. The molecule has 0 saturated heterocycles. The first-order valence-electron chi connectivity index (χ1n) is 5.63. The molecule has 0 fully saturated rings. The van der Waals surface area contributed by atoms with E-state index in [0.29, 0.717) is 11.1 Å². The maximum absolute atomic E-state index is 10.3. The quantitative estimate of drug-likeness (QED) is 0.835. The lowest BCUT2D eigenvalue weighted by atomic mass is 9.85. The fourth-order valence-electron chi connectivity index (χ4n) is 1.41. The average molecular weight is 263 g/mol. The average Bonchev–Trinajstić information content (AvgIpc) is 2.47. The highest BCUT2D eigenvalue weighted by Gasteiger charge is 2.32. The van der Waals surface area contributed by atoms with Crippen LogP contribution < -0.4 is 0 Å². The molecule has 96 valence electrons. The molecule has 1 aromatic rings. The monoisotopic (exact) mass is 263 g/mol. The van der Waals surface area contributed by atoms with E-state index in [4.69, 9.17) is 20.9 Å². The van der Waals surface area contributed by atoms with Gasteiger partial charge >= 0.3 is 5.97 Å². The molecule has 0 bridgehead atoms. The maximum atomic E-state index is 10.3. The van der Waals surface area contributed by atoms with Crippen LogP contribution in [-0.4, -0.2) is 11.1 Å². The Morgan fingerprint density at radius 1 is 1.10 bits per heavy atom. The molecule has 5 nitrogen and oxygen atoms in total. The molecule has 1 rings (SSSR count). The smallest absolute Gasteiger partial charge is 0.304 e. The summed E-state index contributed by atoms with van der Waals surface area (Å²) in [7, 11) is 0. The largest absolute Gasteiger partial charge is 0.481 e. The normalized spacial score (nSPS) is 9.25. The van der Waals surface area contributed by atoms with Gasteiger partial charge in [-0.2, -0.15) is 15.8 Å². The van der Waals surface area contributed by atoms with Gasteiger partial charge in [0.1, 0.15) is 18.2 Å². The van der Waals surface area contributed by atoms with Gasteiger partial charge in [-0.05, 0) is 12.1 Å². The highest BCUT2D eigenvalue weighted by atomic mass is 16.4. The molecular weight excluding hydrogens is 254 g/mol. The molecule has 0 heterocycles. The Balaban J connectivity index is 2.91. The van der Waals surface area contributed by atoms with Gasteiger partial charge < -0.3 is 5.11 Å². The van der Waals surface area contributed by atoms with Crippen molar-refractivity contribution in [2.24, 2.45) is 0 Å². The first kappa shape index (κ1) is 14.8. The molecular formula is C15H9N3O2. The molecule has 0 radical (unpaired) electrons. The van der Waals surface area contributed by atoms with Gasteiger partial charge in [0.25, 0.3) is 5.41 Å². The van der Waals surface area contributed by atoms with Crippen LogP contribution in [0.1, 0.15) is 24.0 Å². The third-order valence-electron chi connectivity index (χ3n) is 2.52. The van der Waals surface area contributed by atoms with Crippen molar-refractivity contribution in [2.75, 3.05) is 0 Å². The number of carboxylic acid groups (broad SMARTS) is 1. The van der Waals surface area contributed by atoms with Crippen LogP contribution in [0.15, 0.2) is 24.3 Å². The minimum absolute atomic E-state index is 0.0223. The first-order chi connectivity index (χ1) is 9.57. The van der Waals surface area contributed by atoms with Gasteiger partial charge in [0.2, 0.25) is 0 Å². The molecule has 0 aliphatic carbocycles. The Morgan fingerprint density at radius 2 is 1.65 bits per heavy atom. The third-order valence-corrected chi connectivity index (χ3v) is 2.52. The van der Waals surface area contributed by atoms with Crippen LogP contribution in [0, 0.1) is 45.8 Å². The van der Waals surface area contributed by atoms with Crippen LogP contribution in [0.3, 0.4) is 0 Å². The zero-order chi connectivity index (χ0) is 15.0. The number of aliphatic carboxylic acids is 1. The minimum atomic E-state index is -1.81. The van der Waals surface area contributed by atoms with E-state index in [9.17, 15) is 4.79 Å². The second kappa shape index (κ2) is 6.60. The number of hydrogen-bond acceptors (Lipinski definition) is 4. The Hall–Kier alpha value is -3.28. The van der Waals surface area contributed by atoms with E-state index < -0.39 is 11.4 Å². The fraction of sp³-hybridized carbons (Fsp3) is 0.200. The van der Waals surface area contributed by atoms with Crippen LogP contribution in [0.4, 0.5) is 0 Å². The number of carboxylic acids is 1. The summed E-state index contributed by atoms with van der Waals surface area (Å²) in [6, 6.07) is 11.2. The van der Waals surface area contributed by atoms with Crippen molar-refractivity contribution in [3.63, 3.8) is 0 Å². The van der Waals surface area contributed by atoms with Crippen LogP contribution in [0.25, 0.3) is 0 Å². The van der Waals surface area contributed by atoms with E-state index in [0.717, 1.165) is 0 Å². The summed E-state index contributed by atoms with van der Waals surface area (Å²) in [5.41, 5.74) is -0.891. The zero-order valence-electron chi connectivity index (χ0n) is 10.4. The summed E-state index contributed by atoms with van der Waals surface area (Å²) in [5.74, 6) is 4.57. The number of hydrogen-bond donors (Lipinski definition) is 1. The van der Waals surface area contributed by atoms with Gasteiger partial charge in [0.15, 0.2) is 0 Å². The predicted molar refractivity (Wildman–Crippen MR) is 68.7 cm³/mol. The second-order valence-electron chi connectivity index (χ2n) is 3.86. The molecule has 0 amide bonds. The van der Waals surface area contributed by atoms with Crippen molar-refractivity contribution in [2.45, 2.75) is 18.3 Å². The molecule has 1 aromatic carbocycles. The summed E-state index contributed by atoms with van der Waals surface area (Å²) in [4.78, 5) is 10.3. The molecule has 0 aromatic heterocycles. The number of nitrogens with zero attached hydrogens (tertiary/aromatic N) is 3. The lowest BCUT2D eigenvalue weighted by Gasteiger charge is -2.08. The van der Waals surface area contributed by atoms with Gasteiger partial charge in [0, 0.05) is 17.5 Å². The van der Waals surface area contributed by atoms with Crippen molar-refractivity contribution < 1.29 is 9.90 Å². The van der Waals surface area contributed by atoms with Gasteiger partial charge in [-0.1, -0.05) is 24.0 Å². The minimum Gasteiger partial charge on any atom is -0.481 e. The van der Waals surface area contributed by atoms with Crippen molar-refractivity contribution in [3.8, 4) is 30.0 Å². The Labute approximate surface area is 116 Å². The van der Waals surface area contributed by atoms with Crippen molar-refractivity contribution in [1.82, 2.24) is 0 Å². The fourth-order valence-corrected chi connectivity index (χ4v) is 1.41. The molecule has 5 heteroatoms. The first-order valence-corrected chi connectivity index (χ1v) is 5.63. The van der Waals surface area contributed by atoms with E-state index in [1.807, 2.05) is 0 Å². The molecule has 0 spiro atoms. The van der Waals surface area contributed by atoms with E-state index in [1.165, 1.54) is 12.1 Å².